The first-order chi connectivity index (χ1) is 9.20. The van der Waals surface area contributed by atoms with Gasteiger partial charge in [0.25, 0.3) is 0 Å². The van der Waals surface area contributed by atoms with E-state index in [2.05, 4.69) is 24.1 Å². The van der Waals surface area contributed by atoms with Crippen LogP contribution in [0, 0.1) is 5.41 Å². The lowest BCUT2D eigenvalue weighted by molar-refractivity contribution is -0.124. The summed E-state index contributed by atoms with van der Waals surface area (Å²) in [5.74, 6) is -0.0544. The van der Waals surface area contributed by atoms with E-state index in [4.69, 9.17) is 10.5 Å². The third-order valence-electron chi connectivity index (χ3n) is 3.66. The zero-order valence-corrected chi connectivity index (χ0v) is 16.1. The summed E-state index contributed by atoms with van der Waals surface area (Å²) in [5.41, 5.74) is 5.72. The van der Waals surface area contributed by atoms with Crippen molar-refractivity contribution in [3.63, 3.8) is 0 Å². The summed E-state index contributed by atoms with van der Waals surface area (Å²) in [7, 11) is 0. The van der Waals surface area contributed by atoms with E-state index in [0.29, 0.717) is 18.8 Å². The summed E-state index contributed by atoms with van der Waals surface area (Å²) >= 11 is 0. The van der Waals surface area contributed by atoms with E-state index in [0.717, 1.165) is 26.1 Å². The van der Waals surface area contributed by atoms with Crippen LogP contribution in [0.25, 0.3) is 0 Å². The minimum absolute atomic E-state index is 0. The molecule has 1 heterocycles. The van der Waals surface area contributed by atoms with Crippen LogP contribution >= 0.6 is 24.8 Å². The summed E-state index contributed by atoms with van der Waals surface area (Å²) in [6.07, 6.45) is 1.53. The van der Waals surface area contributed by atoms with Crippen molar-refractivity contribution in [1.29, 1.82) is 0 Å². The first-order valence-corrected chi connectivity index (χ1v) is 7.61. The fourth-order valence-electron chi connectivity index (χ4n) is 2.48. The molecule has 0 aromatic rings. The molecule has 3 N–H and O–H groups in total. The highest BCUT2D eigenvalue weighted by atomic mass is 35.5. The Labute approximate surface area is 147 Å². The van der Waals surface area contributed by atoms with Gasteiger partial charge in [-0.15, -0.1) is 24.8 Å². The number of nitrogens with one attached hydrogen (secondary N) is 1. The molecule has 5 nitrogen and oxygen atoms in total. The fourth-order valence-corrected chi connectivity index (χ4v) is 2.48. The number of carbonyl (C=O) groups is 1. The smallest absolute Gasteiger partial charge is 0.237 e. The third-order valence-corrected chi connectivity index (χ3v) is 3.66. The zero-order valence-electron chi connectivity index (χ0n) is 14.4. The highest BCUT2D eigenvalue weighted by molar-refractivity contribution is 5.85. The van der Waals surface area contributed by atoms with Crippen LogP contribution in [0.5, 0.6) is 0 Å². The topological polar surface area (TPSA) is 67.6 Å². The van der Waals surface area contributed by atoms with Crippen LogP contribution in [0.2, 0.25) is 0 Å². The van der Waals surface area contributed by atoms with Gasteiger partial charge in [0.05, 0.1) is 18.2 Å². The molecule has 3 atom stereocenters. The number of nitrogens with zero attached hydrogens (tertiary/aromatic N) is 1. The van der Waals surface area contributed by atoms with Gasteiger partial charge >= 0.3 is 0 Å². The number of nitrogens with two attached hydrogens (primary N) is 1. The second-order valence-electron chi connectivity index (χ2n) is 7.01. The van der Waals surface area contributed by atoms with Crippen LogP contribution in [0.3, 0.4) is 0 Å². The number of rotatable bonds is 5. The molecular formula is C15H33Cl2N3O2. The lowest BCUT2D eigenvalue weighted by Crippen LogP contribution is -2.49. The van der Waals surface area contributed by atoms with Crippen molar-refractivity contribution in [2.75, 3.05) is 26.2 Å². The number of amides is 1. The number of ether oxygens (including phenoxy) is 1. The Morgan fingerprint density at radius 3 is 2.23 bits per heavy atom. The van der Waals surface area contributed by atoms with Crippen LogP contribution in [0.4, 0.5) is 0 Å². The van der Waals surface area contributed by atoms with E-state index in [1.807, 2.05) is 20.8 Å². The quantitative estimate of drug-likeness (QED) is 0.736. The maximum atomic E-state index is 11.9. The zero-order chi connectivity index (χ0) is 15.3. The van der Waals surface area contributed by atoms with E-state index in [9.17, 15) is 4.79 Å². The number of halogens is 2. The third kappa shape index (κ3) is 8.53. The van der Waals surface area contributed by atoms with Crippen molar-refractivity contribution in [3.05, 3.63) is 0 Å². The minimum atomic E-state index is -0.453. The molecular weight excluding hydrogens is 325 g/mol. The molecule has 0 aromatic carbocycles. The Morgan fingerprint density at radius 2 is 1.77 bits per heavy atom. The van der Waals surface area contributed by atoms with Crippen molar-refractivity contribution >= 4 is 30.7 Å². The molecule has 134 valence electrons. The molecule has 1 rings (SSSR count). The van der Waals surface area contributed by atoms with Gasteiger partial charge in [0.2, 0.25) is 5.91 Å². The van der Waals surface area contributed by atoms with Gasteiger partial charge in [0.15, 0.2) is 0 Å². The summed E-state index contributed by atoms with van der Waals surface area (Å²) in [6, 6.07) is -0.453. The van der Waals surface area contributed by atoms with Gasteiger partial charge < -0.3 is 15.8 Å². The largest absolute Gasteiger partial charge is 0.373 e. The van der Waals surface area contributed by atoms with Gasteiger partial charge in [0.1, 0.15) is 0 Å². The Kier molecular flexibility index (Phi) is 11.7. The molecule has 1 fully saturated rings. The van der Waals surface area contributed by atoms with Gasteiger partial charge in [-0.2, -0.15) is 0 Å². The maximum absolute atomic E-state index is 11.9. The van der Waals surface area contributed by atoms with Crippen molar-refractivity contribution in [1.82, 2.24) is 10.2 Å². The molecule has 0 spiro atoms. The van der Waals surface area contributed by atoms with E-state index in [-0.39, 0.29) is 36.1 Å². The minimum Gasteiger partial charge on any atom is -0.373 e. The molecule has 0 radical (unpaired) electrons. The highest BCUT2D eigenvalue weighted by Crippen LogP contribution is 2.17. The fraction of sp³-hybridized carbons (Fsp3) is 0.933. The molecule has 22 heavy (non-hydrogen) atoms. The van der Waals surface area contributed by atoms with Crippen LogP contribution in [-0.2, 0) is 9.53 Å². The first kappa shape index (κ1) is 24.2. The average molecular weight is 358 g/mol. The molecule has 1 saturated heterocycles. The van der Waals surface area contributed by atoms with Gasteiger partial charge in [-0.3, -0.25) is 9.69 Å². The number of hydrogen-bond acceptors (Lipinski definition) is 4. The molecule has 0 saturated carbocycles. The second-order valence-corrected chi connectivity index (χ2v) is 7.01. The molecule has 0 aliphatic carbocycles. The summed E-state index contributed by atoms with van der Waals surface area (Å²) in [4.78, 5) is 14.3. The maximum Gasteiger partial charge on any atom is 0.237 e. The van der Waals surface area contributed by atoms with E-state index < -0.39 is 6.04 Å². The van der Waals surface area contributed by atoms with Crippen LogP contribution in [-0.4, -0.2) is 55.2 Å². The lowest BCUT2D eigenvalue weighted by atomic mass is 9.87. The second kappa shape index (κ2) is 10.7. The molecule has 0 aromatic heterocycles. The normalized spacial score (nSPS) is 23.9. The molecule has 0 bridgehead atoms. The number of morpholine rings is 1. The molecule has 1 aliphatic rings. The monoisotopic (exact) mass is 357 g/mol. The number of hydrogen-bond donors (Lipinski definition) is 2. The van der Waals surface area contributed by atoms with Crippen LogP contribution in [0.1, 0.15) is 41.0 Å². The molecule has 7 heteroatoms. The summed E-state index contributed by atoms with van der Waals surface area (Å²) in [5, 5.41) is 2.93. The van der Waals surface area contributed by atoms with Crippen molar-refractivity contribution in [3.8, 4) is 0 Å². The van der Waals surface area contributed by atoms with Crippen molar-refractivity contribution in [2.24, 2.45) is 11.1 Å². The van der Waals surface area contributed by atoms with Gasteiger partial charge in [-0.1, -0.05) is 20.8 Å². The van der Waals surface area contributed by atoms with Gasteiger partial charge in [-0.25, -0.2) is 0 Å². The predicted octanol–water partition coefficient (Wildman–Crippen LogP) is 1.82. The molecule has 2 unspecified atom stereocenters. The van der Waals surface area contributed by atoms with Gasteiger partial charge in [0, 0.05) is 26.2 Å². The summed E-state index contributed by atoms with van der Waals surface area (Å²) < 4.78 is 5.70. The van der Waals surface area contributed by atoms with E-state index in [1.54, 1.807) is 0 Å². The van der Waals surface area contributed by atoms with E-state index >= 15 is 0 Å². The predicted molar refractivity (Wildman–Crippen MR) is 96.0 cm³/mol. The first-order valence-electron chi connectivity index (χ1n) is 7.61. The Morgan fingerprint density at radius 1 is 1.27 bits per heavy atom. The summed E-state index contributed by atoms with van der Waals surface area (Å²) in [6.45, 7) is 13.8. The molecule has 1 aliphatic heterocycles. The van der Waals surface area contributed by atoms with Crippen molar-refractivity contribution < 1.29 is 9.53 Å². The average Bonchev–Trinajstić information content (AvgIpc) is 2.31. The van der Waals surface area contributed by atoms with E-state index in [1.165, 1.54) is 0 Å². The van der Waals surface area contributed by atoms with Crippen LogP contribution in [0.15, 0.2) is 0 Å². The lowest BCUT2D eigenvalue weighted by Gasteiger charge is -2.35. The standard InChI is InChI=1S/C15H31N3O2.2ClH/c1-11-9-18(10-12(2)20-11)8-6-7-17-14(19)13(16)15(3,4)5;;/h11-13H,6-10,16H2,1-5H3,(H,17,19);2*1H/t11?,12?,13-;;/m1../s1. The SMILES string of the molecule is CC1CN(CCCNC(=O)[C@@H](N)C(C)(C)C)CC(C)O1.Cl.Cl. The van der Waals surface area contributed by atoms with Gasteiger partial charge in [-0.05, 0) is 25.7 Å². The van der Waals surface area contributed by atoms with Crippen molar-refractivity contribution in [2.45, 2.75) is 59.3 Å². The van der Waals surface area contributed by atoms with Crippen LogP contribution < -0.4 is 11.1 Å². The Bertz CT molecular complexity index is 314. The number of carbonyl (C=O) groups excluding carboxylic acids is 1. The molecule has 1 amide bonds. The highest BCUT2D eigenvalue weighted by Gasteiger charge is 2.27. The Hall–Kier alpha value is -0.0700. The Balaban J connectivity index is 0.